The number of amides is 1. The van der Waals surface area contributed by atoms with Gasteiger partial charge in [0.2, 0.25) is 0 Å². The van der Waals surface area contributed by atoms with E-state index in [1.807, 2.05) is 44.2 Å². The Hall–Kier alpha value is -2.10. The van der Waals surface area contributed by atoms with Crippen LogP contribution in [0.25, 0.3) is 0 Å². The third-order valence-corrected chi connectivity index (χ3v) is 3.25. The fourth-order valence-electron chi connectivity index (χ4n) is 2.38. The highest BCUT2D eigenvalue weighted by atomic mass is 16.2. The van der Waals surface area contributed by atoms with E-state index in [1.165, 1.54) is 0 Å². The van der Waals surface area contributed by atoms with Crippen molar-refractivity contribution in [3.63, 3.8) is 0 Å². The van der Waals surface area contributed by atoms with Crippen LogP contribution in [0.5, 0.6) is 0 Å². The van der Waals surface area contributed by atoms with Crippen LogP contribution in [0, 0.1) is 6.92 Å². The van der Waals surface area contributed by atoms with Crippen molar-refractivity contribution in [2.45, 2.75) is 19.9 Å². The van der Waals surface area contributed by atoms with Gasteiger partial charge in [0.1, 0.15) is 0 Å². The van der Waals surface area contributed by atoms with Gasteiger partial charge in [0.05, 0.1) is 23.0 Å². The minimum absolute atomic E-state index is 0.0149. The SMILES string of the molecule is Cc1n[nH]c2c1C(=O)N(c1ccccc1)C2C. The predicted octanol–water partition coefficient (Wildman–Crippen LogP) is 2.44. The average Bonchev–Trinajstić information content (AvgIpc) is 2.82. The van der Waals surface area contributed by atoms with Crippen LogP contribution in [-0.2, 0) is 0 Å². The number of anilines is 1. The number of carbonyl (C=O) groups excluding carboxylic acids is 1. The second-order valence-electron chi connectivity index (χ2n) is 4.28. The number of hydrogen-bond donors (Lipinski definition) is 1. The van der Waals surface area contributed by atoms with Crippen molar-refractivity contribution < 1.29 is 4.79 Å². The summed E-state index contributed by atoms with van der Waals surface area (Å²) in [7, 11) is 0. The van der Waals surface area contributed by atoms with E-state index < -0.39 is 0 Å². The highest BCUT2D eigenvalue weighted by molar-refractivity contribution is 6.11. The molecule has 1 unspecified atom stereocenters. The number of H-pyrrole nitrogens is 1. The van der Waals surface area contributed by atoms with Gasteiger partial charge in [-0.15, -0.1) is 0 Å². The second-order valence-corrected chi connectivity index (χ2v) is 4.28. The molecule has 1 aliphatic heterocycles. The molecule has 17 heavy (non-hydrogen) atoms. The topological polar surface area (TPSA) is 49.0 Å². The molecule has 86 valence electrons. The standard InChI is InChI=1S/C13H13N3O/c1-8-11-12(15-14-8)9(2)16(13(11)17)10-6-4-3-5-7-10/h3-7,9H,1-2H3,(H,14,15). The number of hydrogen-bond acceptors (Lipinski definition) is 2. The zero-order valence-corrected chi connectivity index (χ0v) is 9.77. The molecule has 4 heteroatoms. The number of nitrogens with one attached hydrogen (secondary N) is 1. The van der Waals surface area contributed by atoms with E-state index in [1.54, 1.807) is 4.90 Å². The van der Waals surface area contributed by atoms with Gasteiger partial charge < -0.3 is 0 Å². The second kappa shape index (κ2) is 3.45. The molecule has 4 nitrogen and oxygen atoms in total. The van der Waals surface area contributed by atoms with Crippen LogP contribution in [0.3, 0.4) is 0 Å². The molecule has 0 saturated heterocycles. The summed E-state index contributed by atoms with van der Waals surface area (Å²) in [6.45, 7) is 3.86. The van der Waals surface area contributed by atoms with Gasteiger partial charge in [0, 0.05) is 5.69 Å². The monoisotopic (exact) mass is 227 g/mol. The number of aromatic amines is 1. The van der Waals surface area contributed by atoms with Crippen LogP contribution in [0.2, 0.25) is 0 Å². The molecule has 1 aromatic heterocycles. The number of aryl methyl sites for hydroxylation is 1. The Morgan fingerprint density at radius 3 is 2.65 bits per heavy atom. The number of para-hydroxylation sites is 1. The van der Waals surface area contributed by atoms with Crippen molar-refractivity contribution in [3.05, 3.63) is 47.3 Å². The first kappa shape index (κ1) is 10.1. The van der Waals surface area contributed by atoms with Crippen molar-refractivity contribution in [1.29, 1.82) is 0 Å². The molecular formula is C13H13N3O. The molecule has 3 rings (SSSR count). The third-order valence-electron chi connectivity index (χ3n) is 3.25. The lowest BCUT2D eigenvalue weighted by molar-refractivity contribution is 0.0991. The molecule has 1 atom stereocenters. The van der Waals surface area contributed by atoms with Crippen LogP contribution in [0.15, 0.2) is 30.3 Å². The van der Waals surface area contributed by atoms with E-state index in [9.17, 15) is 4.79 Å². The molecule has 1 amide bonds. The Morgan fingerprint density at radius 2 is 2.00 bits per heavy atom. The number of carbonyl (C=O) groups is 1. The molecule has 2 heterocycles. The maximum atomic E-state index is 12.4. The van der Waals surface area contributed by atoms with E-state index in [0.717, 1.165) is 22.6 Å². The highest BCUT2D eigenvalue weighted by Gasteiger charge is 2.38. The first-order chi connectivity index (χ1) is 8.20. The van der Waals surface area contributed by atoms with E-state index in [0.29, 0.717) is 0 Å². The number of benzene rings is 1. The first-order valence-electron chi connectivity index (χ1n) is 5.63. The maximum absolute atomic E-state index is 12.4. The van der Waals surface area contributed by atoms with E-state index in [4.69, 9.17) is 0 Å². The third kappa shape index (κ3) is 1.30. The van der Waals surface area contributed by atoms with E-state index >= 15 is 0 Å². The quantitative estimate of drug-likeness (QED) is 0.813. The van der Waals surface area contributed by atoms with Gasteiger partial charge >= 0.3 is 0 Å². The van der Waals surface area contributed by atoms with Crippen molar-refractivity contribution in [1.82, 2.24) is 10.2 Å². The molecule has 1 N–H and O–H groups in total. The number of aromatic nitrogens is 2. The lowest BCUT2D eigenvalue weighted by atomic mass is 10.2. The Balaban J connectivity index is 2.10. The van der Waals surface area contributed by atoms with Gasteiger partial charge in [-0.05, 0) is 26.0 Å². The van der Waals surface area contributed by atoms with Crippen molar-refractivity contribution in [3.8, 4) is 0 Å². The van der Waals surface area contributed by atoms with Crippen LogP contribution >= 0.6 is 0 Å². The maximum Gasteiger partial charge on any atom is 0.262 e. The smallest absolute Gasteiger partial charge is 0.262 e. The van der Waals surface area contributed by atoms with Gasteiger partial charge in [-0.2, -0.15) is 5.10 Å². The number of fused-ring (bicyclic) bond motifs is 1. The van der Waals surface area contributed by atoms with Crippen LogP contribution < -0.4 is 4.90 Å². The molecule has 2 aromatic rings. The van der Waals surface area contributed by atoms with E-state index in [2.05, 4.69) is 10.2 Å². The van der Waals surface area contributed by atoms with E-state index in [-0.39, 0.29) is 11.9 Å². The molecule has 0 fully saturated rings. The summed E-state index contributed by atoms with van der Waals surface area (Å²) in [6, 6.07) is 9.73. The molecule has 0 saturated carbocycles. The summed E-state index contributed by atoms with van der Waals surface area (Å²) >= 11 is 0. The van der Waals surface area contributed by atoms with Crippen molar-refractivity contribution >= 4 is 11.6 Å². The summed E-state index contributed by atoms with van der Waals surface area (Å²) < 4.78 is 0. The summed E-state index contributed by atoms with van der Waals surface area (Å²) in [4.78, 5) is 14.2. The number of nitrogens with zero attached hydrogens (tertiary/aromatic N) is 2. The molecule has 0 aliphatic carbocycles. The minimum Gasteiger partial charge on any atom is -0.299 e. The van der Waals surface area contributed by atoms with Gasteiger partial charge in [-0.1, -0.05) is 18.2 Å². The summed E-state index contributed by atoms with van der Waals surface area (Å²) in [6.07, 6.45) is 0. The Labute approximate surface area is 99.3 Å². The van der Waals surface area contributed by atoms with Crippen LogP contribution in [-0.4, -0.2) is 16.1 Å². The minimum atomic E-state index is 0.0149. The summed E-state index contributed by atoms with van der Waals surface area (Å²) in [5, 5.41) is 7.05. The first-order valence-corrected chi connectivity index (χ1v) is 5.63. The summed E-state index contributed by atoms with van der Waals surface area (Å²) in [5.41, 5.74) is 3.34. The number of rotatable bonds is 1. The fraction of sp³-hybridized carbons (Fsp3) is 0.231. The summed E-state index contributed by atoms with van der Waals surface area (Å²) in [5.74, 6) is 0.0324. The van der Waals surface area contributed by atoms with Crippen molar-refractivity contribution in [2.75, 3.05) is 4.90 Å². The zero-order valence-electron chi connectivity index (χ0n) is 9.77. The normalized spacial score (nSPS) is 18.6. The van der Waals surface area contributed by atoms with Crippen molar-refractivity contribution in [2.24, 2.45) is 0 Å². The Kier molecular flexibility index (Phi) is 2.04. The van der Waals surface area contributed by atoms with Gasteiger partial charge in [-0.25, -0.2) is 0 Å². The van der Waals surface area contributed by atoms with Crippen LogP contribution in [0.1, 0.15) is 34.7 Å². The lowest BCUT2D eigenvalue weighted by Gasteiger charge is -2.21. The van der Waals surface area contributed by atoms with Crippen LogP contribution in [0.4, 0.5) is 5.69 Å². The predicted molar refractivity (Wildman–Crippen MR) is 65.0 cm³/mol. The van der Waals surface area contributed by atoms with Gasteiger partial charge in [-0.3, -0.25) is 14.8 Å². The molecule has 0 radical (unpaired) electrons. The highest BCUT2D eigenvalue weighted by Crippen LogP contribution is 2.36. The largest absolute Gasteiger partial charge is 0.299 e. The zero-order chi connectivity index (χ0) is 12.0. The molecular weight excluding hydrogens is 214 g/mol. The molecule has 1 aromatic carbocycles. The molecule has 1 aliphatic rings. The lowest BCUT2D eigenvalue weighted by Crippen LogP contribution is -2.26. The Bertz CT molecular complexity index is 574. The molecule has 0 bridgehead atoms. The molecule has 0 spiro atoms. The average molecular weight is 227 g/mol. The Morgan fingerprint density at radius 1 is 1.29 bits per heavy atom. The fourth-order valence-corrected chi connectivity index (χ4v) is 2.38. The van der Waals surface area contributed by atoms with Gasteiger partial charge in [0.15, 0.2) is 0 Å². The van der Waals surface area contributed by atoms with Gasteiger partial charge in [0.25, 0.3) is 5.91 Å².